The minimum absolute atomic E-state index is 0.135. The Morgan fingerprint density at radius 3 is 2.74 bits per heavy atom. The minimum Gasteiger partial charge on any atom is -0.466 e. The average Bonchev–Trinajstić information content (AvgIpc) is 2.79. The molecule has 2 aliphatic rings. The van der Waals surface area contributed by atoms with Crippen LogP contribution in [0.3, 0.4) is 0 Å². The van der Waals surface area contributed by atoms with Crippen LogP contribution in [0.1, 0.15) is 33.6 Å². The van der Waals surface area contributed by atoms with Crippen LogP contribution in [0.15, 0.2) is 24.3 Å². The summed E-state index contributed by atoms with van der Waals surface area (Å²) in [4.78, 5) is 11.3. The first-order valence-electron chi connectivity index (χ1n) is 7.76. The van der Waals surface area contributed by atoms with E-state index in [4.69, 9.17) is 14.2 Å². The van der Waals surface area contributed by atoms with Crippen LogP contribution in [-0.4, -0.2) is 54.5 Å². The third kappa shape index (κ3) is 4.01. The Hall–Kier alpha value is -1.21. The van der Waals surface area contributed by atoms with Gasteiger partial charge in [0.05, 0.1) is 19.8 Å². The second kappa shape index (κ2) is 6.73. The molecule has 2 fully saturated rings. The second-order valence-electron chi connectivity index (χ2n) is 6.68. The van der Waals surface area contributed by atoms with Gasteiger partial charge in [-0.25, -0.2) is 4.79 Å². The largest absolute Gasteiger partial charge is 0.466 e. The molecule has 0 aromatic rings. The molecule has 0 aliphatic carbocycles. The van der Waals surface area contributed by atoms with E-state index in [0.29, 0.717) is 12.8 Å². The van der Waals surface area contributed by atoms with E-state index in [9.17, 15) is 9.90 Å². The first-order valence-corrected chi connectivity index (χ1v) is 7.76. The minimum atomic E-state index is -1.16. The fraction of sp³-hybridized carbons (Fsp3) is 0.706. The maximum atomic E-state index is 11.3. The zero-order valence-corrected chi connectivity index (χ0v) is 14.2. The summed E-state index contributed by atoms with van der Waals surface area (Å²) in [5, 5.41) is 10.8. The number of methoxy groups -OCH3 is 1. The standard InChI is InChI=1S/C17H26O6/c1-6-7-17(19)10-21-12(8-11(2)9-13(18)20-5)14-15(17)23-16(3,4)22-14/h6,9,12,14-15,19H,1,7-8,10H2,2-5H3/b11-9+. The van der Waals surface area contributed by atoms with Gasteiger partial charge < -0.3 is 24.1 Å². The molecule has 130 valence electrons. The number of carbonyl (C=O) groups is 1. The van der Waals surface area contributed by atoms with E-state index >= 15 is 0 Å². The maximum absolute atomic E-state index is 11.3. The molecule has 0 radical (unpaired) electrons. The molecule has 2 heterocycles. The van der Waals surface area contributed by atoms with Crippen LogP contribution in [0.2, 0.25) is 0 Å². The van der Waals surface area contributed by atoms with E-state index in [2.05, 4.69) is 11.3 Å². The zero-order chi connectivity index (χ0) is 17.3. The van der Waals surface area contributed by atoms with Gasteiger partial charge in [0.15, 0.2) is 5.79 Å². The summed E-state index contributed by atoms with van der Waals surface area (Å²) in [6, 6.07) is 0. The Kier molecular flexibility index (Phi) is 5.30. The van der Waals surface area contributed by atoms with Crippen molar-refractivity contribution in [3.05, 3.63) is 24.3 Å². The molecule has 4 atom stereocenters. The van der Waals surface area contributed by atoms with Gasteiger partial charge in [0.1, 0.15) is 17.8 Å². The highest BCUT2D eigenvalue weighted by Crippen LogP contribution is 2.42. The first-order chi connectivity index (χ1) is 10.7. The van der Waals surface area contributed by atoms with E-state index in [-0.39, 0.29) is 12.7 Å². The number of ether oxygens (including phenoxy) is 4. The molecule has 0 bridgehead atoms. The fourth-order valence-corrected chi connectivity index (χ4v) is 3.14. The quantitative estimate of drug-likeness (QED) is 0.471. The molecule has 23 heavy (non-hydrogen) atoms. The summed E-state index contributed by atoms with van der Waals surface area (Å²) < 4.78 is 22.4. The lowest BCUT2D eigenvalue weighted by atomic mass is 9.84. The lowest BCUT2D eigenvalue weighted by Gasteiger charge is -2.42. The molecule has 6 heteroatoms. The van der Waals surface area contributed by atoms with Crippen molar-refractivity contribution in [1.29, 1.82) is 0 Å². The van der Waals surface area contributed by atoms with Gasteiger partial charge in [0.2, 0.25) is 0 Å². The molecule has 2 aliphatic heterocycles. The molecule has 0 spiro atoms. The SMILES string of the molecule is C=CCC1(O)COC(C/C(C)=C/C(=O)OC)C2OC(C)(C)OC21. The summed E-state index contributed by atoms with van der Waals surface area (Å²) in [5.74, 6) is -1.20. The topological polar surface area (TPSA) is 74.2 Å². The zero-order valence-electron chi connectivity index (χ0n) is 14.2. The van der Waals surface area contributed by atoms with Gasteiger partial charge in [-0.05, 0) is 33.6 Å². The number of carbonyl (C=O) groups excluding carboxylic acids is 1. The molecular weight excluding hydrogens is 300 g/mol. The van der Waals surface area contributed by atoms with Crippen LogP contribution in [0.4, 0.5) is 0 Å². The predicted octanol–water partition coefficient (Wildman–Crippen LogP) is 1.72. The summed E-state index contributed by atoms with van der Waals surface area (Å²) in [6.07, 6.45) is 2.73. The maximum Gasteiger partial charge on any atom is 0.330 e. The highest BCUT2D eigenvalue weighted by Gasteiger charge is 2.57. The van der Waals surface area contributed by atoms with Gasteiger partial charge >= 0.3 is 5.97 Å². The molecule has 1 N–H and O–H groups in total. The first kappa shape index (κ1) is 18.1. The van der Waals surface area contributed by atoms with Gasteiger partial charge in [-0.3, -0.25) is 0 Å². The molecule has 0 amide bonds. The highest BCUT2D eigenvalue weighted by atomic mass is 16.8. The van der Waals surface area contributed by atoms with Crippen molar-refractivity contribution in [1.82, 2.24) is 0 Å². The third-order valence-electron chi connectivity index (χ3n) is 4.16. The van der Waals surface area contributed by atoms with Crippen molar-refractivity contribution >= 4 is 5.97 Å². The number of rotatable bonds is 5. The second-order valence-corrected chi connectivity index (χ2v) is 6.68. The Morgan fingerprint density at radius 2 is 2.13 bits per heavy atom. The van der Waals surface area contributed by atoms with Crippen molar-refractivity contribution in [2.45, 2.75) is 63.3 Å². The number of aliphatic hydroxyl groups is 1. The van der Waals surface area contributed by atoms with Crippen LogP contribution < -0.4 is 0 Å². The van der Waals surface area contributed by atoms with Crippen LogP contribution in [0.25, 0.3) is 0 Å². The molecular formula is C17H26O6. The average molecular weight is 326 g/mol. The molecule has 0 aromatic heterocycles. The number of hydrogen-bond acceptors (Lipinski definition) is 6. The van der Waals surface area contributed by atoms with Crippen LogP contribution in [0, 0.1) is 0 Å². The Bertz CT molecular complexity index is 497. The van der Waals surface area contributed by atoms with Crippen molar-refractivity contribution < 1.29 is 28.8 Å². The predicted molar refractivity (Wildman–Crippen MR) is 83.7 cm³/mol. The monoisotopic (exact) mass is 326 g/mol. The molecule has 2 rings (SSSR count). The van der Waals surface area contributed by atoms with Gasteiger partial charge in [-0.2, -0.15) is 0 Å². The summed E-state index contributed by atoms with van der Waals surface area (Å²) in [6.45, 7) is 9.28. The van der Waals surface area contributed by atoms with Crippen LogP contribution in [-0.2, 0) is 23.7 Å². The summed E-state index contributed by atoms with van der Waals surface area (Å²) >= 11 is 0. The molecule has 2 saturated heterocycles. The lowest BCUT2D eigenvalue weighted by Crippen LogP contribution is -2.59. The van der Waals surface area contributed by atoms with Crippen LogP contribution >= 0.6 is 0 Å². The Labute approximate surface area is 137 Å². The van der Waals surface area contributed by atoms with Gasteiger partial charge in [0.25, 0.3) is 0 Å². The smallest absolute Gasteiger partial charge is 0.330 e. The summed E-state index contributed by atoms with van der Waals surface area (Å²) in [7, 11) is 1.34. The van der Waals surface area contributed by atoms with Gasteiger partial charge in [-0.15, -0.1) is 6.58 Å². The lowest BCUT2D eigenvalue weighted by molar-refractivity contribution is -0.199. The van der Waals surface area contributed by atoms with E-state index in [1.807, 2.05) is 20.8 Å². The van der Waals surface area contributed by atoms with Crippen LogP contribution in [0.5, 0.6) is 0 Å². The molecule has 6 nitrogen and oxygen atoms in total. The van der Waals surface area contributed by atoms with Gasteiger partial charge in [0, 0.05) is 6.08 Å². The molecule has 0 aromatic carbocycles. The van der Waals surface area contributed by atoms with Crippen molar-refractivity contribution in [2.75, 3.05) is 13.7 Å². The van der Waals surface area contributed by atoms with Gasteiger partial charge in [-0.1, -0.05) is 11.6 Å². The van der Waals surface area contributed by atoms with Crippen molar-refractivity contribution in [3.8, 4) is 0 Å². The van der Waals surface area contributed by atoms with E-state index in [1.54, 1.807) is 6.08 Å². The fourth-order valence-electron chi connectivity index (χ4n) is 3.14. The summed E-state index contributed by atoms with van der Waals surface area (Å²) in [5.41, 5.74) is -0.334. The van der Waals surface area contributed by atoms with Crippen molar-refractivity contribution in [2.24, 2.45) is 0 Å². The normalized spacial score (nSPS) is 36.4. The van der Waals surface area contributed by atoms with E-state index in [1.165, 1.54) is 13.2 Å². The highest BCUT2D eigenvalue weighted by molar-refractivity contribution is 5.82. The van der Waals surface area contributed by atoms with E-state index < -0.39 is 29.6 Å². The molecule has 4 unspecified atom stereocenters. The number of fused-ring (bicyclic) bond motifs is 1. The Balaban J connectivity index is 2.17. The number of hydrogen-bond donors (Lipinski definition) is 1. The third-order valence-corrected chi connectivity index (χ3v) is 4.16. The van der Waals surface area contributed by atoms with E-state index in [0.717, 1.165) is 5.57 Å². The number of esters is 1. The van der Waals surface area contributed by atoms with Crippen molar-refractivity contribution in [3.63, 3.8) is 0 Å². The molecule has 0 saturated carbocycles. The Morgan fingerprint density at radius 1 is 1.43 bits per heavy atom.